The molecule has 0 unspecified atom stereocenters. The van der Waals surface area contributed by atoms with Crippen LogP contribution in [0.1, 0.15) is 24.4 Å². The van der Waals surface area contributed by atoms with E-state index in [-0.39, 0.29) is 12.3 Å². The van der Waals surface area contributed by atoms with E-state index in [1.165, 1.54) is 11.2 Å². The molecule has 0 saturated carbocycles. The van der Waals surface area contributed by atoms with E-state index in [4.69, 9.17) is 9.52 Å². The summed E-state index contributed by atoms with van der Waals surface area (Å²) in [6.07, 6.45) is 2.75. The van der Waals surface area contributed by atoms with Crippen LogP contribution in [0.25, 0.3) is 0 Å². The van der Waals surface area contributed by atoms with E-state index < -0.39 is 12.0 Å². The minimum absolute atomic E-state index is 0.0254. The molecule has 0 aliphatic carbocycles. The SMILES string of the molecule is Cc1coc(CC(=O)N2CCC[C@H]2C(=O)O)n1. The molecule has 1 amide bonds. The molecular formula is C11H14N2O4. The molecule has 0 aromatic carbocycles. The van der Waals surface area contributed by atoms with E-state index in [9.17, 15) is 9.59 Å². The normalized spacial score (nSPS) is 19.6. The zero-order valence-corrected chi connectivity index (χ0v) is 9.55. The molecule has 6 heteroatoms. The van der Waals surface area contributed by atoms with Gasteiger partial charge < -0.3 is 14.4 Å². The van der Waals surface area contributed by atoms with Gasteiger partial charge in [-0.3, -0.25) is 4.79 Å². The topological polar surface area (TPSA) is 83.6 Å². The molecule has 0 radical (unpaired) electrons. The number of aromatic nitrogens is 1. The number of carboxylic acid groups (broad SMARTS) is 1. The quantitative estimate of drug-likeness (QED) is 0.833. The van der Waals surface area contributed by atoms with Gasteiger partial charge in [-0.1, -0.05) is 0 Å². The van der Waals surface area contributed by atoms with E-state index in [0.29, 0.717) is 24.6 Å². The van der Waals surface area contributed by atoms with Gasteiger partial charge in [-0.05, 0) is 19.8 Å². The summed E-state index contributed by atoms with van der Waals surface area (Å²) in [6.45, 7) is 2.27. The second kappa shape index (κ2) is 4.57. The number of aryl methyl sites for hydroxylation is 1. The Balaban J connectivity index is 2.02. The molecule has 92 valence electrons. The number of rotatable bonds is 3. The second-order valence-corrected chi connectivity index (χ2v) is 4.14. The smallest absolute Gasteiger partial charge is 0.326 e. The van der Waals surface area contributed by atoms with Crippen LogP contribution >= 0.6 is 0 Å². The maximum Gasteiger partial charge on any atom is 0.326 e. The molecule has 1 aromatic heterocycles. The van der Waals surface area contributed by atoms with Gasteiger partial charge in [0.05, 0.1) is 5.69 Å². The molecule has 1 fully saturated rings. The van der Waals surface area contributed by atoms with Crippen LogP contribution in [-0.4, -0.2) is 39.5 Å². The fourth-order valence-electron chi connectivity index (χ4n) is 2.04. The highest BCUT2D eigenvalue weighted by Gasteiger charge is 2.34. The third-order valence-electron chi connectivity index (χ3n) is 2.83. The number of aliphatic carboxylic acids is 1. The maximum absolute atomic E-state index is 11.9. The number of nitrogens with zero attached hydrogens (tertiary/aromatic N) is 2. The van der Waals surface area contributed by atoms with Crippen molar-refractivity contribution in [2.24, 2.45) is 0 Å². The number of carbonyl (C=O) groups excluding carboxylic acids is 1. The number of hydrogen-bond donors (Lipinski definition) is 1. The molecule has 1 aliphatic heterocycles. The first-order valence-corrected chi connectivity index (χ1v) is 5.51. The Hall–Kier alpha value is -1.85. The lowest BCUT2D eigenvalue weighted by Gasteiger charge is -2.20. The van der Waals surface area contributed by atoms with Gasteiger partial charge in [0, 0.05) is 6.54 Å². The van der Waals surface area contributed by atoms with Gasteiger partial charge >= 0.3 is 5.97 Å². The molecule has 6 nitrogen and oxygen atoms in total. The molecule has 17 heavy (non-hydrogen) atoms. The lowest BCUT2D eigenvalue weighted by molar-refractivity contribution is -0.148. The molecule has 1 aromatic rings. The predicted octanol–water partition coefficient (Wildman–Crippen LogP) is 0.601. The van der Waals surface area contributed by atoms with Gasteiger partial charge in [-0.2, -0.15) is 0 Å². The standard InChI is InChI=1S/C11H14N2O4/c1-7-6-17-9(12-7)5-10(14)13-4-2-3-8(13)11(15)16/h6,8H,2-5H2,1H3,(H,15,16)/t8-/m0/s1. The first-order valence-electron chi connectivity index (χ1n) is 5.51. The molecular weight excluding hydrogens is 224 g/mol. The van der Waals surface area contributed by atoms with Crippen molar-refractivity contribution in [2.45, 2.75) is 32.2 Å². The molecule has 1 atom stereocenters. The third-order valence-corrected chi connectivity index (χ3v) is 2.83. The van der Waals surface area contributed by atoms with Crippen LogP contribution in [0, 0.1) is 6.92 Å². The van der Waals surface area contributed by atoms with Gasteiger partial charge in [-0.15, -0.1) is 0 Å². The fourth-order valence-corrected chi connectivity index (χ4v) is 2.04. The van der Waals surface area contributed by atoms with Gasteiger partial charge in [0.2, 0.25) is 11.8 Å². The van der Waals surface area contributed by atoms with Crippen molar-refractivity contribution in [3.8, 4) is 0 Å². The van der Waals surface area contributed by atoms with E-state index >= 15 is 0 Å². The Labute approximate surface area is 98.2 Å². The van der Waals surface area contributed by atoms with E-state index in [1.54, 1.807) is 6.92 Å². The van der Waals surface area contributed by atoms with E-state index in [1.807, 2.05) is 0 Å². The Kier molecular flexibility index (Phi) is 3.12. The average Bonchev–Trinajstić information content (AvgIpc) is 2.86. The number of oxazole rings is 1. The summed E-state index contributed by atoms with van der Waals surface area (Å²) >= 11 is 0. The van der Waals surface area contributed by atoms with Crippen molar-refractivity contribution in [3.63, 3.8) is 0 Å². The number of carboxylic acids is 1. The molecule has 2 heterocycles. The molecule has 2 rings (SSSR count). The van der Waals surface area contributed by atoms with Crippen LogP contribution in [0.3, 0.4) is 0 Å². The van der Waals surface area contributed by atoms with Crippen molar-refractivity contribution >= 4 is 11.9 Å². The largest absolute Gasteiger partial charge is 0.480 e. The van der Waals surface area contributed by atoms with Crippen molar-refractivity contribution in [1.82, 2.24) is 9.88 Å². The Morgan fingerprint density at radius 1 is 1.65 bits per heavy atom. The maximum atomic E-state index is 11.9. The van der Waals surface area contributed by atoms with Gasteiger partial charge in [0.15, 0.2) is 0 Å². The zero-order valence-electron chi connectivity index (χ0n) is 9.55. The summed E-state index contributed by atoms with van der Waals surface area (Å²) in [5, 5.41) is 8.97. The summed E-state index contributed by atoms with van der Waals surface area (Å²) in [7, 11) is 0. The second-order valence-electron chi connectivity index (χ2n) is 4.14. The highest BCUT2D eigenvalue weighted by Crippen LogP contribution is 2.18. The first-order chi connectivity index (χ1) is 8.08. The van der Waals surface area contributed by atoms with Crippen LogP contribution in [0.2, 0.25) is 0 Å². The monoisotopic (exact) mass is 238 g/mol. The molecule has 0 bridgehead atoms. The fraction of sp³-hybridized carbons (Fsp3) is 0.545. The average molecular weight is 238 g/mol. The Morgan fingerprint density at radius 3 is 3.00 bits per heavy atom. The van der Waals surface area contributed by atoms with Crippen LogP contribution in [0.4, 0.5) is 0 Å². The zero-order chi connectivity index (χ0) is 12.4. The van der Waals surface area contributed by atoms with Crippen molar-refractivity contribution in [3.05, 3.63) is 17.8 Å². The van der Waals surface area contributed by atoms with Crippen LogP contribution in [0.15, 0.2) is 10.7 Å². The third kappa shape index (κ3) is 2.46. The summed E-state index contributed by atoms with van der Waals surface area (Å²) < 4.78 is 5.08. The summed E-state index contributed by atoms with van der Waals surface area (Å²) in [5.41, 5.74) is 0.712. The van der Waals surface area contributed by atoms with E-state index in [2.05, 4.69) is 4.98 Å². The number of amides is 1. The van der Waals surface area contributed by atoms with Crippen LogP contribution < -0.4 is 0 Å². The van der Waals surface area contributed by atoms with Crippen LogP contribution in [0.5, 0.6) is 0 Å². The predicted molar refractivity (Wildman–Crippen MR) is 57.3 cm³/mol. The van der Waals surface area contributed by atoms with Crippen molar-refractivity contribution in [1.29, 1.82) is 0 Å². The lowest BCUT2D eigenvalue weighted by Crippen LogP contribution is -2.41. The minimum atomic E-state index is -0.945. The molecule has 1 saturated heterocycles. The highest BCUT2D eigenvalue weighted by molar-refractivity contribution is 5.85. The summed E-state index contributed by atoms with van der Waals surface area (Å²) in [4.78, 5) is 28.3. The summed E-state index contributed by atoms with van der Waals surface area (Å²) in [5.74, 6) is -0.847. The number of carbonyl (C=O) groups is 2. The van der Waals surface area contributed by atoms with Crippen LogP contribution in [-0.2, 0) is 16.0 Å². The first kappa shape index (κ1) is 11.6. The van der Waals surface area contributed by atoms with E-state index in [0.717, 1.165) is 6.42 Å². The number of likely N-dealkylation sites (tertiary alicyclic amines) is 1. The highest BCUT2D eigenvalue weighted by atomic mass is 16.4. The summed E-state index contributed by atoms with van der Waals surface area (Å²) in [6, 6.07) is -0.696. The number of hydrogen-bond acceptors (Lipinski definition) is 4. The van der Waals surface area contributed by atoms with Gasteiger partial charge in [-0.25, -0.2) is 9.78 Å². The molecule has 0 spiro atoms. The Bertz CT molecular complexity index is 440. The lowest BCUT2D eigenvalue weighted by atomic mass is 10.2. The van der Waals surface area contributed by atoms with Gasteiger partial charge in [0.25, 0.3) is 0 Å². The van der Waals surface area contributed by atoms with Crippen molar-refractivity contribution < 1.29 is 19.1 Å². The minimum Gasteiger partial charge on any atom is -0.480 e. The Morgan fingerprint density at radius 2 is 2.41 bits per heavy atom. The molecule has 1 aliphatic rings. The molecule has 1 N–H and O–H groups in total. The van der Waals surface area contributed by atoms with Crippen molar-refractivity contribution in [2.75, 3.05) is 6.54 Å². The van der Waals surface area contributed by atoms with Gasteiger partial charge in [0.1, 0.15) is 18.7 Å².